The van der Waals surface area contributed by atoms with Crippen LogP contribution >= 0.6 is 0 Å². The number of pyridine rings is 1. The van der Waals surface area contributed by atoms with Gasteiger partial charge in [-0.15, -0.1) is 0 Å². The predicted octanol–water partition coefficient (Wildman–Crippen LogP) is 2.20. The van der Waals surface area contributed by atoms with Crippen molar-refractivity contribution in [3.05, 3.63) is 60.0 Å². The molecule has 1 aromatic carbocycles. The fourth-order valence-corrected chi connectivity index (χ4v) is 2.64. The second kappa shape index (κ2) is 6.03. The van der Waals surface area contributed by atoms with Gasteiger partial charge in [0, 0.05) is 30.7 Å². The van der Waals surface area contributed by atoms with Gasteiger partial charge < -0.3 is 0 Å². The normalized spacial score (nSPS) is 12.7. The third-order valence-electron chi connectivity index (χ3n) is 3.72. The average molecular weight is 281 g/mol. The van der Waals surface area contributed by atoms with Crippen LogP contribution in [0.4, 0.5) is 0 Å². The summed E-state index contributed by atoms with van der Waals surface area (Å²) >= 11 is 0. The fourth-order valence-electron chi connectivity index (χ4n) is 2.64. The molecule has 0 saturated carbocycles. The van der Waals surface area contributed by atoms with Crippen molar-refractivity contribution in [1.29, 1.82) is 0 Å². The Morgan fingerprint density at radius 3 is 2.81 bits per heavy atom. The van der Waals surface area contributed by atoms with Crippen LogP contribution in [0, 0.1) is 0 Å². The number of hydrazine groups is 1. The first kappa shape index (κ1) is 13.7. The Labute approximate surface area is 123 Å². The molecule has 2 heterocycles. The molecule has 0 amide bonds. The lowest BCUT2D eigenvalue weighted by Gasteiger charge is -2.14. The predicted molar refractivity (Wildman–Crippen MR) is 83.4 cm³/mol. The molecule has 0 aliphatic heterocycles. The number of rotatable bonds is 5. The van der Waals surface area contributed by atoms with Crippen LogP contribution in [0.3, 0.4) is 0 Å². The quantitative estimate of drug-likeness (QED) is 0.555. The Bertz CT molecular complexity index is 720. The number of nitrogens with two attached hydrogens (primary N) is 1. The van der Waals surface area contributed by atoms with E-state index in [0.29, 0.717) is 0 Å². The van der Waals surface area contributed by atoms with E-state index in [2.05, 4.69) is 29.5 Å². The van der Waals surface area contributed by atoms with Gasteiger partial charge in [-0.05, 0) is 24.6 Å². The molecular formula is C16H19N5. The fraction of sp³-hybridized carbons (Fsp3) is 0.250. The van der Waals surface area contributed by atoms with Crippen LogP contribution in [-0.2, 0) is 13.0 Å². The first-order valence-corrected chi connectivity index (χ1v) is 7.14. The van der Waals surface area contributed by atoms with Gasteiger partial charge in [0.15, 0.2) is 0 Å². The van der Waals surface area contributed by atoms with E-state index in [-0.39, 0.29) is 6.04 Å². The van der Waals surface area contributed by atoms with E-state index in [1.54, 1.807) is 6.20 Å². The van der Waals surface area contributed by atoms with Crippen molar-refractivity contribution in [2.75, 3.05) is 0 Å². The van der Waals surface area contributed by atoms with Crippen LogP contribution in [-0.4, -0.2) is 14.8 Å². The highest BCUT2D eigenvalue weighted by Gasteiger charge is 2.16. The first-order chi connectivity index (χ1) is 10.3. The number of hydrogen-bond donors (Lipinski definition) is 2. The van der Waals surface area contributed by atoms with E-state index in [1.807, 2.05) is 35.1 Å². The molecule has 0 aliphatic carbocycles. The van der Waals surface area contributed by atoms with E-state index in [9.17, 15) is 0 Å². The highest BCUT2D eigenvalue weighted by molar-refractivity contribution is 5.82. The van der Waals surface area contributed by atoms with Gasteiger partial charge in [-0.2, -0.15) is 5.10 Å². The zero-order valence-corrected chi connectivity index (χ0v) is 12.0. The molecule has 3 aromatic rings. The van der Waals surface area contributed by atoms with Crippen molar-refractivity contribution in [1.82, 2.24) is 20.2 Å². The molecule has 1 unspecified atom stereocenters. The van der Waals surface area contributed by atoms with E-state index in [0.717, 1.165) is 29.7 Å². The van der Waals surface area contributed by atoms with Crippen LogP contribution in [0.25, 0.3) is 10.9 Å². The molecule has 108 valence electrons. The SMILES string of the molecule is CCn1nc(CC(NN)c2cccnc2)c2ccccc21. The van der Waals surface area contributed by atoms with Crippen molar-refractivity contribution in [2.24, 2.45) is 5.84 Å². The van der Waals surface area contributed by atoms with Crippen molar-refractivity contribution in [3.63, 3.8) is 0 Å². The van der Waals surface area contributed by atoms with Gasteiger partial charge in [-0.3, -0.25) is 20.9 Å². The van der Waals surface area contributed by atoms with Crippen molar-refractivity contribution < 1.29 is 0 Å². The molecule has 0 saturated heterocycles. The Balaban J connectivity index is 1.97. The summed E-state index contributed by atoms with van der Waals surface area (Å²) in [5.41, 5.74) is 6.15. The summed E-state index contributed by atoms with van der Waals surface area (Å²) in [6, 6.07) is 12.2. The molecule has 5 nitrogen and oxygen atoms in total. The lowest BCUT2D eigenvalue weighted by Crippen LogP contribution is -2.29. The van der Waals surface area contributed by atoms with Gasteiger partial charge in [0.1, 0.15) is 0 Å². The summed E-state index contributed by atoms with van der Waals surface area (Å²) in [5, 5.41) is 5.91. The molecule has 0 spiro atoms. The number of aryl methyl sites for hydroxylation is 1. The van der Waals surface area contributed by atoms with Gasteiger partial charge in [0.2, 0.25) is 0 Å². The minimum atomic E-state index is 0.00214. The standard InChI is InChI=1S/C16H19N5/c1-2-21-16-8-4-3-7-13(16)15(20-21)10-14(19-17)12-6-5-9-18-11-12/h3-9,11,14,19H,2,10,17H2,1H3. The third-order valence-corrected chi connectivity index (χ3v) is 3.72. The minimum absolute atomic E-state index is 0.00214. The van der Waals surface area contributed by atoms with Crippen molar-refractivity contribution >= 4 is 10.9 Å². The van der Waals surface area contributed by atoms with Crippen molar-refractivity contribution in [3.8, 4) is 0 Å². The number of para-hydroxylation sites is 1. The number of fused-ring (bicyclic) bond motifs is 1. The van der Waals surface area contributed by atoms with Gasteiger partial charge in [-0.25, -0.2) is 0 Å². The van der Waals surface area contributed by atoms with Crippen LogP contribution < -0.4 is 11.3 Å². The maximum Gasteiger partial charge on any atom is 0.0722 e. The van der Waals surface area contributed by atoms with Gasteiger partial charge in [0.25, 0.3) is 0 Å². The molecular weight excluding hydrogens is 262 g/mol. The summed E-state index contributed by atoms with van der Waals surface area (Å²) in [5.74, 6) is 5.72. The molecule has 0 fully saturated rings. The zero-order valence-electron chi connectivity index (χ0n) is 12.0. The van der Waals surface area contributed by atoms with E-state index < -0.39 is 0 Å². The van der Waals surface area contributed by atoms with Gasteiger partial charge >= 0.3 is 0 Å². The van der Waals surface area contributed by atoms with Crippen LogP contribution in [0.15, 0.2) is 48.8 Å². The first-order valence-electron chi connectivity index (χ1n) is 7.14. The second-order valence-electron chi connectivity index (χ2n) is 4.99. The Morgan fingerprint density at radius 1 is 1.24 bits per heavy atom. The van der Waals surface area contributed by atoms with Crippen LogP contribution in [0.5, 0.6) is 0 Å². The van der Waals surface area contributed by atoms with E-state index in [4.69, 9.17) is 10.9 Å². The highest BCUT2D eigenvalue weighted by Crippen LogP contribution is 2.23. The molecule has 2 aromatic heterocycles. The Morgan fingerprint density at radius 2 is 2.10 bits per heavy atom. The molecule has 1 atom stereocenters. The molecule has 3 rings (SSSR count). The number of nitrogens with zero attached hydrogens (tertiary/aromatic N) is 3. The molecule has 0 bridgehead atoms. The van der Waals surface area contributed by atoms with Gasteiger partial charge in [-0.1, -0.05) is 24.3 Å². The Kier molecular flexibility index (Phi) is 3.94. The third kappa shape index (κ3) is 2.66. The monoisotopic (exact) mass is 281 g/mol. The number of benzene rings is 1. The molecule has 0 radical (unpaired) electrons. The van der Waals surface area contributed by atoms with E-state index >= 15 is 0 Å². The summed E-state index contributed by atoms with van der Waals surface area (Å²) in [4.78, 5) is 4.16. The summed E-state index contributed by atoms with van der Waals surface area (Å²) < 4.78 is 2.03. The topological polar surface area (TPSA) is 68.8 Å². The van der Waals surface area contributed by atoms with Crippen LogP contribution in [0.1, 0.15) is 24.2 Å². The number of nitrogens with one attached hydrogen (secondary N) is 1. The summed E-state index contributed by atoms with van der Waals surface area (Å²) in [6.07, 6.45) is 4.33. The minimum Gasteiger partial charge on any atom is -0.271 e. The molecule has 21 heavy (non-hydrogen) atoms. The molecule has 3 N–H and O–H groups in total. The number of aromatic nitrogens is 3. The highest BCUT2D eigenvalue weighted by atomic mass is 15.3. The zero-order chi connectivity index (χ0) is 14.7. The van der Waals surface area contributed by atoms with Gasteiger partial charge in [0.05, 0.1) is 17.3 Å². The molecule has 0 aliphatic rings. The van der Waals surface area contributed by atoms with E-state index in [1.165, 1.54) is 5.39 Å². The maximum atomic E-state index is 5.72. The lowest BCUT2D eigenvalue weighted by atomic mass is 10.0. The lowest BCUT2D eigenvalue weighted by molar-refractivity contribution is 0.538. The maximum absolute atomic E-state index is 5.72. The van der Waals surface area contributed by atoms with Crippen molar-refractivity contribution in [2.45, 2.75) is 25.9 Å². The molecule has 5 heteroatoms. The van der Waals surface area contributed by atoms with Crippen LogP contribution in [0.2, 0.25) is 0 Å². The summed E-state index contributed by atoms with van der Waals surface area (Å²) in [6.45, 7) is 2.96. The smallest absolute Gasteiger partial charge is 0.0722 e. The number of hydrogen-bond acceptors (Lipinski definition) is 4. The summed E-state index contributed by atoms with van der Waals surface area (Å²) in [7, 11) is 0. The average Bonchev–Trinajstić information content (AvgIpc) is 2.91. The second-order valence-corrected chi connectivity index (χ2v) is 4.99. The Hall–Kier alpha value is -2.24. The largest absolute Gasteiger partial charge is 0.271 e.